The minimum absolute atomic E-state index is 0.0205. The Morgan fingerprint density at radius 3 is 2.75 bits per heavy atom. The van der Waals surface area contributed by atoms with Crippen molar-refractivity contribution >= 4 is 21.9 Å². The average Bonchev–Trinajstić information content (AvgIpc) is 2.83. The molecule has 0 fully saturated rings. The summed E-state index contributed by atoms with van der Waals surface area (Å²) >= 11 is 0. The fourth-order valence-electron chi connectivity index (χ4n) is 2.16. The van der Waals surface area contributed by atoms with Gasteiger partial charge in [0.15, 0.2) is 22.7 Å². The maximum atomic E-state index is 14.3. The third-order valence-corrected chi connectivity index (χ3v) is 3.22. The Kier molecular flexibility index (Phi) is 3.30. The van der Waals surface area contributed by atoms with Crippen LogP contribution >= 0.6 is 0 Å². The van der Waals surface area contributed by atoms with Gasteiger partial charge in [-0.1, -0.05) is 19.4 Å². The van der Waals surface area contributed by atoms with Gasteiger partial charge in [0, 0.05) is 16.8 Å². The van der Waals surface area contributed by atoms with E-state index in [1.54, 1.807) is 18.2 Å². The standard InChI is InChI=1S/C16H13F2O2/c1-2-3-9-19-13-8-7-11-10-5-4-6-12(17)15(10)20-16(11)14(13)18/h4-5,7-8H,2-3,9H2,1H3. The fraction of sp³-hybridized carbons (Fsp3) is 0.250. The van der Waals surface area contributed by atoms with E-state index in [4.69, 9.17) is 9.15 Å². The van der Waals surface area contributed by atoms with Crippen LogP contribution in [0, 0.1) is 17.7 Å². The highest BCUT2D eigenvalue weighted by Gasteiger charge is 2.17. The van der Waals surface area contributed by atoms with Crippen molar-refractivity contribution in [3.8, 4) is 5.75 Å². The number of benzene rings is 2. The van der Waals surface area contributed by atoms with Gasteiger partial charge < -0.3 is 9.15 Å². The fourth-order valence-corrected chi connectivity index (χ4v) is 2.16. The van der Waals surface area contributed by atoms with Crippen LogP contribution in [0.25, 0.3) is 21.9 Å². The first-order valence-electron chi connectivity index (χ1n) is 6.56. The number of furan rings is 1. The second kappa shape index (κ2) is 5.12. The first-order chi connectivity index (χ1) is 9.72. The minimum Gasteiger partial charge on any atom is -0.490 e. The second-order valence-electron chi connectivity index (χ2n) is 4.59. The number of hydrogen-bond acceptors (Lipinski definition) is 2. The highest BCUT2D eigenvalue weighted by molar-refractivity contribution is 6.05. The first kappa shape index (κ1) is 12.9. The van der Waals surface area contributed by atoms with Crippen molar-refractivity contribution in [1.82, 2.24) is 0 Å². The summed E-state index contributed by atoms with van der Waals surface area (Å²) in [6, 6.07) is 8.74. The molecule has 2 aromatic carbocycles. The van der Waals surface area contributed by atoms with Gasteiger partial charge >= 0.3 is 0 Å². The first-order valence-corrected chi connectivity index (χ1v) is 6.56. The Bertz CT molecular complexity index is 762. The molecule has 0 saturated heterocycles. The highest BCUT2D eigenvalue weighted by Crippen LogP contribution is 2.35. The zero-order valence-corrected chi connectivity index (χ0v) is 11.0. The van der Waals surface area contributed by atoms with Gasteiger partial charge in [-0.2, -0.15) is 4.39 Å². The molecular weight excluding hydrogens is 262 g/mol. The third kappa shape index (κ3) is 2.01. The van der Waals surface area contributed by atoms with E-state index >= 15 is 0 Å². The predicted octanol–water partition coefficient (Wildman–Crippen LogP) is 4.84. The minimum atomic E-state index is -0.619. The van der Waals surface area contributed by atoms with Crippen molar-refractivity contribution < 1.29 is 17.9 Å². The van der Waals surface area contributed by atoms with Crippen LogP contribution in [0.4, 0.5) is 8.78 Å². The van der Waals surface area contributed by atoms with Crippen molar-refractivity contribution in [1.29, 1.82) is 0 Å². The Morgan fingerprint density at radius 2 is 1.95 bits per heavy atom. The normalized spacial score (nSPS) is 11.3. The summed E-state index contributed by atoms with van der Waals surface area (Å²) < 4.78 is 38.6. The van der Waals surface area contributed by atoms with Crippen molar-refractivity contribution in [2.75, 3.05) is 6.61 Å². The molecule has 0 bridgehead atoms. The summed E-state index contributed by atoms with van der Waals surface area (Å²) in [4.78, 5) is 0. The SMILES string of the molecule is CCCCOc1ccc2c(oc3c(F)[c]ccc32)c1F. The molecule has 3 aromatic rings. The molecule has 0 amide bonds. The second-order valence-corrected chi connectivity index (χ2v) is 4.59. The number of hydrogen-bond donors (Lipinski definition) is 0. The molecule has 0 aliphatic rings. The molecule has 1 aromatic heterocycles. The maximum Gasteiger partial charge on any atom is 0.208 e. The van der Waals surface area contributed by atoms with Crippen LogP contribution in [0.1, 0.15) is 19.8 Å². The number of unbranched alkanes of at least 4 members (excludes halogenated alkanes) is 1. The van der Waals surface area contributed by atoms with Gasteiger partial charge in [0.2, 0.25) is 5.82 Å². The summed E-state index contributed by atoms with van der Waals surface area (Å²) in [6.07, 6.45) is 1.82. The topological polar surface area (TPSA) is 22.4 Å². The molecule has 0 aliphatic carbocycles. The molecule has 0 saturated carbocycles. The summed E-state index contributed by atoms with van der Waals surface area (Å²) in [6.45, 7) is 2.47. The van der Waals surface area contributed by atoms with Gasteiger partial charge in [-0.15, -0.1) is 0 Å². The molecule has 1 radical (unpaired) electrons. The van der Waals surface area contributed by atoms with E-state index in [-0.39, 0.29) is 16.9 Å². The molecule has 0 spiro atoms. The monoisotopic (exact) mass is 275 g/mol. The number of ether oxygens (including phenoxy) is 1. The molecule has 2 nitrogen and oxygen atoms in total. The molecular formula is C16H13F2O2. The zero-order chi connectivity index (χ0) is 14.1. The van der Waals surface area contributed by atoms with Gasteiger partial charge in [-0.25, -0.2) is 4.39 Å². The summed E-state index contributed by atoms with van der Waals surface area (Å²) in [7, 11) is 0. The van der Waals surface area contributed by atoms with E-state index in [0.29, 0.717) is 17.4 Å². The Balaban J connectivity index is 2.13. The van der Waals surface area contributed by atoms with Gasteiger partial charge in [-0.3, -0.25) is 0 Å². The summed E-state index contributed by atoms with van der Waals surface area (Å²) in [5.74, 6) is -1.07. The largest absolute Gasteiger partial charge is 0.490 e. The molecule has 0 unspecified atom stereocenters. The van der Waals surface area contributed by atoms with Crippen LogP contribution in [0.2, 0.25) is 0 Å². The van der Waals surface area contributed by atoms with E-state index in [1.165, 1.54) is 6.07 Å². The van der Waals surface area contributed by atoms with E-state index in [2.05, 4.69) is 6.07 Å². The van der Waals surface area contributed by atoms with Crippen molar-refractivity contribution in [3.05, 3.63) is 42.0 Å². The predicted molar refractivity (Wildman–Crippen MR) is 72.9 cm³/mol. The van der Waals surface area contributed by atoms with Crippen molar-refractivity contribution in [3.63, 3.8) is 0 Å². The lowest BCUT2D eigenvalue weighted by atomic mass is 10.1. The van der Waals surface area contributed by atoms with E-state index in [0.717, 1.165) is 12.8 Å². The summed E-state index contributed by atoms with van der Waals surface area (Å²) in [5, 5.41) is 1.07. The lowest BCUT2D eigenvalue weighted by molar-refractivity contribution is 0.294. The molecule has 0 aliphatic heterocycles. The van der Waals surface area contributed by atoms with Crippen LogP contribution in [0.15, 0.2) is 28.7 Å². The van der Waals surface area contributed by atoms with Gasteiger partial charge in [0.25, 0.3) is 0 Å². The quantitative estimate of drug-likeness (QED) is 0.635. The molecule has 20 heavy (non-hydrogen) atoms. The van der Waals surface area contributed by atoms with Gasteiger partial charge in [0.05, 0.1) is 6.61 Å². The number of rotatable bonds is 4. The Labute approximate surface area is 114 Å². The Morgan fingerprint density at radius 1 is 1.15 bits per heavy atom. The van der Waals surface area contributed by atoms with E-state index in [1.807, 2.05) is 6.92 Å². The van der Waals surface area contributed by atoms with Gasteiger partial charge in [0.1, 0.15) is 0 Å². The van der Waals surface area contributed by atoms with Crippen molar-refractivity contribution in [2.24, 2.45) is 0 Å². The molecule has 4 heteroatoms. The highest BCUT2D eigenvalue weighted by atomic mass is 19.1. The molecule has 103 valence electrons. The lowest BCUT2D eigenvalue weighted by Crippen LogP contribution is -1.98. The lowest BCUT2D eigenvalue weighted by Gasteiger charge is -2.06. The van der Waals surface area contributed by atoms with Crippen LogP contribution in [0.5, 0.6) is 5.75 Å². The molecule has 0 atom stereocenters. The molecule has 3 rings (SSSR count). The summed E-state index contributed by atoms with van der Waals surface area (Å²) in [5.41, 5.74) is 0.0413. The number of fused-ring (bicyclic) bond motifs is 3. The van der Waals surface area contributed by atoms with Gasteiger partial charge in [-0.05, 0) is 24.6 Å². The van der Waals surface area contributed by atoms with Crippen molar-refractivity contribution in [2.45, 2.75) is 19.8 Å². The molecule has 1 heterocycles. The molecule has 0 N–H and O–H groups in total. The smallest absolute Gasteiger partial charge is 0.208 e. The van der Waals surface area contributed by atoms with E-state index in [9.17, 15) is 8.78 Å². The van der Waals surface area contributed by atoms with Crippen LogP contribution in [-0.2, 0) is 0 Å². The van der Waals surface area contributed by atoms with Crippen LogP contribution in [-0.4, -0.2) is 6.61 Å². The zero-order valence-electron chi connectivity index (χ0n) is 11.0. The van der Waals surface area contributed by atoms with Crippen LogP contribution in [0.3, 0.4) is 0 Å². The third-order valence-electron chi connectivity index (χ3n) is 3.22. The number of halogens is 2. The Hall–Kier alpha value is -2.10. The van der Waals surface area contributed by atoms with Crippen LogP contribution < -0.4 is 4.74 Å². The average molecular weight is 275 g/mol. The maximum absolute atomic E-state index is 14.3. The van der Waals surface area contributed by atoms with E-state index < -0.39 is 11.6 Å².